The summed E-state index contributed by atoms with van der Waals surface area (Å²) in [5.41, 5.74) is 14.1. The molecular weight excluding hydrogens is 701 g/mol. The molecule has 10 aromatic carbocycles. The van der Waals surface area contributed by atoms with Crippen molar-refractivity contribution in [3.05, 3.63) is 231 Å². The van der Waals surface area contributed by atoms with Crippen molar-refractivity contribution in [3.8, 4) is 39.1 Å². The zero-order chi connectivity index (χ0) is 38.4. The van der Waals surface area contributed by atoms with Gasteiger partial charge in [-0.2, -0.15) is 0 Å². The van der Waals surface area contributed by atoms with E-state index in [2.05, 4.69) is 240 Å². The fourth-order valence-electron chi connectivity index (χ4n) is 8.79. The summed E-state index contributed by atoms with van der Waals surface area (Å²) in [6, 6.07) is 83.6. The van der Waals surface area contributed by atoms with E-state index in [0.29, 0.717) is 0 Å². The Labute approximate surface area is 338 Å². The summed E-state index contributed by atoms with van der Waals surface area (Å²) in [5, 5.41) is 7.62. The molecule has 1 heterocycles. The van der Waals surface area contributed by atoms with Gasteiger partial charge in [0.25, 0.3) is 0 Å². The lowest BCUT2D eigenvalue weighted by atomic mass is 9.92. The molecule has 0 unspecified atom stereocenters. The molecule has 0 radical (unpaired) electrons. The van der Waals surface area contributed by atoms with Gasteiger partial charge in [0.15, 0.2) is 0 Å². The zero-order valence-corrected chi connectivity index (χ0v) is 31.8. The minimum atomic E-state index is 1.09. The van der Waals surface area contributed by atoms with Gasteiger partial charge in [-0.05, 0) is 128 Å². The predicted octanol–water partition coefficient (Wildman–Crippen LogP) is 15.6. The van der Waals surface area contributed by atoms with Gasteiger partial charge in [-0.1, -0.05) is 158 Å². The first-order chi connectivity index (χ1) is 28.8. The number of aromatic nitrogens is 1. The molecule has 0 aliphatic rings. The van der Waals surface area contributed by atoms with Gasteiger partial charge in [0.1, 0.15) is 0 Å². The second kappa shape index (κ2) is 14.1. The Bertz CT molecular complexity index is 3200. The second-order valence-corrected chi connectivity index (χ2v) is 15.0. The third-order valence-corrected chi connectivity index (χ3v) is 11.6. The van der Waals surface area contributed by atoms with Crippen LogP contribution in [-0.2, 0) is 0 Å². The largest absolute Gasteiger partial charge is 0.311 e. The monoisotopic (exact) mass is 738 g/mol. The Hall–Kier alpha value is -7.68. The summed E-state index contributed by atoms with van der Waals surface area (Å²) in [6.45, 7) is 0. The molecule has 0 saturated carbocycles. The second-order valence-electron chi connectivity index (χ2n) is 15.0. The number of anilines is 3. The van der Waals surface area contributed by atoms with E-state index < -0.39 is 0 Å². The molecule has 1 aromatic heterocycles. The highest BCUT2D eigenvalue weighted by atomic mass is 15.1. The van der Waals surface area contributed by atoms with E-state index in [1.807, 2.05) is 0 Å². The van der Waals surface area contributed by atoms with E-state index in [0.717, 1.165) is 22.7 Å². The fourth-order valence-corrected chi connectivity index (χ4v) is 8.79. The van der Waals surface area contributed by atoms with E-state index in [-0.39, 0.29) is 0 Å². The van der Waals surface area contributed by atoms with Crippen LogP contribution in [-0.4, -0.2) is 4.57 Å². The van der Waals surface area contributed by atoms with Gasteiger partial charge >= 0.3 is 0 Å². The zero-order valence-electron chi connectivity index (χ0n) is 31.8. The van der Waals surface area contributed by atoms with E-state index in [1.165, 1.54) is 76.7 Å². The molecule has 0 amide bonds. The molecule has 0 N–H and O–H groups in total. The van der Waals surface area contributed by atoms with E-state index >= 15 is 0 Å². The Kier molecular flexibility index (Phi) is 8.19. The maximum atomic E-state index is 2.37. The molecule has 58 heavy (non-hydrogen) atoms. The normalized spacial score (nSPS) is 11.4. The third-order valence-electron chi connectivity index (χ3n) is 11.6. The molecule has 0 aliphatic heterocycles. The standard InChI is InChI=1S/C56H38N2/c1-2-13-39(14-3-1)40-25-29-45(30-26-40)57(47-33-35-48(36-34-47)58-55-23-10-8-21-52(55)53-22-9-11-24-56(53)58)46-31-27-41(28-32-46)42-16-12-17-43(37-42)54-38-44-15-4-5-18-49(44)50-19-6-7-20-51(50)54/h1-38H. The van der Waals surface area contributed by atoms with Crippen molar-refractivity contribution in [3.63, 3.8) is 0 Å². The SMILES string of the molecule is c1ccc(-c2ccc(N(c3ccc(-c4cccc(-c5cc6ccccc6c6ccccc56)c4)cc3)c3ccc(-n4c5ccccc5c5ccccc54)cc3)cc2)cc1. The van der Waals surface area contributed by atoms with Crippen LogP contribution in [0.2, 0.25) is 0 Å². The smallest absolute Gasteiger partial charge is 0.0541 e. The van der Waals surface area contributed by atoms with E-state index in [4.69, 9.17) is 0 Å². The number of para-hydroxylation sites is 2. The van der Waals surface area contributed by atoms with Crippen LogP contribution in [0.4, 0.5) is 17.1 Å². The van der Waals surface area contributed by atoms with Crippen molar-refractivity contribution in [2.45, 2.75) is 0 Å². The number of fused-ring (bicyclic) bond motifs is 6. The lowest BCUT2D eigenvalue weighted by molar-refractivity contribution is 1.17. The number of nitrogens with zero attached hydrogens (tertiary/aromatic N) is 2. The van der Waals surface area contributed by atoms with Gasteiger partial charge in [-0.25, -0.2) is 0 Å². The molecule has 0 bridgehead atoms. The summed E-state index contributed by atoms with van der Waals surface area (Å²) in [6.07, 6.45) is 0. The van der Waals surface area contributed by atoms with Crippen LogP contribution < -0.4 is 4.90 Å². The lowest BCUT2D eigenvalue weighted by Gasteiger charge is -2.26. The molecule has 272 valence electrons. The maximum Gasteiger partial charge on any atom is 0.0541 e. The molecule has 11 aromatic rings. The Balaban J connectivity index is 0.981. The number of hydrogen-bond donors (Lipinski definition) is 0. The first-order valence-electron chi connectivity index (χ1n) is 19.9. The molecule has 0 fully saturated rings. The summed E-state index contributed by atoms with van der Waals surface area (Å²) in [4.78, 5) is 2.35. The minimum Gasteiger partial charge on any atom is -0.311 e. The molecule has 0 aliphatic carbocycles. The number of benzene rings is 10. The van der Waals surface area contributed by atoms with Crippen LogP contribution in [0.15, 0.2) is 231 Å². The first-order valence-corrected chi connectivity index (χ1v) is 19.9. The highest BCUT2D eigenvalue weighted by Crippen LogP contribution is 2.40. The van der Waals surface area contributed by atoms with Gasteiger partial charge in [-0.3, -0.25) is 0 Å². The highest BCUT2D eigenvalue weighted by Gasteiger charge is 2.16. The maximum absolute atomic E-state index is 2.37. The van der Waals surface area contributed by atoms with Crippen LogP contribution in [0.5, 0.6) is 0 Å². The quantitative estimate of drug-likeness (QED) is 0.148. The van der Waals surface area contributed by atoms with Gasteiger partial charge in [0.2, 0.25) is 0 Å². The van der Waals surface area contributed by atoms with Gasteiger partial charge in [0, 0.05) is 33.5 Å². The van der Waals surface area contributed by atoms with Crippen LogP contribution in [0, 0.1) is 0 Å². The van der Waals surface area contributed by atoms with Gasteiger partial charge in [-0.15, -0.1) is 0 Å². The average Bonchev–Trinajstić information content (AvgIpc) is 3.64. The Morgan fingerprint density at radius 2 is 0.724 bits per heavy atom. The third kappa shape index (κ3) is 5.82. The van der Waals surface area contributed by atoms with Crippen molar-refractivity contribution < 1.29 is 0 Å². The number of hydrogen-bond acceptors (Lipinski definition) is 1. The molecule has 2 nitrogen and oxygen atoms in total. The summed E-state index contributed by atoms with van der Waals surface area (Å²) in [5.74, 6) is 0. The first kappa shape index (κ1) is 33.6. The summed E-state index contributed by atoms with van der Waals surface area (Å²) >= 11 is 0. The fraction of sp³-hybridized carbons (Fsp3) is 0. The van der Waals surface area contributed by atoms with Crippen LogP contribution >= 0.6 is 0 Å². The van der Waals surface area contributed by atoms with Crippen LogP contribution in [0.25, 0.3) is 82.4 Å². The topological polar surface area (TPSA) is 8.17 Å². The molecule has 0 spiro atoms. The number of rotatable bonds is 7. The highest BCUT2D eigenvalue weighted by molar-refractivity contribution is 6.14. The van der Waals surface area contributed by atoms with Crippen LogP contribution in [0.3, 0.4) is 0 Å². The lowest BCUT2D eigenvalue weighted by Crippen LogP contribution is -2.10. The van der Waals surface area contributed by atoms with Crippen molar-refractivity contribution in [1.29, 1.82) is 0 Å². The molecule has 11 rings (SSSR count). The minimum absolute atomic E-state index is 1.09. The summed E-state index contributed by atoms with van der Waals surface area (Å²) < 4.78 is 2.37. The van der Waals surface area contributed by atoms with Crippen molar-refractivity contribution in [2.24, 2.45) is 0 Å². The predicted molar refractivity (Wildman–Crippen MR) is 247 cm³/mol. The summed E-state index contributed by atoms with van der Waals surface area (Å²) in [7, 11) is 0. The molecule has 0 atom stereocenters. The Morgan fingerprint density at radius 3 is 1.36 bits per heavy atom. The molecular formula is C56H38N2. The van der Waals surface area contributed by atoms with Crippen LogP contribution in [0.1, 0.15) is 0 Å². The van der Waals surface area contributed by atoms with Gasteiger partial charge in [0.05, 0.1) is 11.0 Å². The Morgan fingerprint density at radius 1 is 0.276 bits per heavy atom. The molecule has 2 heteroatoms. The van der Waals surface area contributed by atoms with E-state index in [1.54, 1.807) is 0 Å². The van der Waals surface area contributed by atoms with E-state index in [9.17, 15) is 0 Å². The van der Waals surface area contributed by atoms with Crippen molar-refractivity contribution in [1.82, 2.24) is 4.57 Å². The van der Waals surface area contributed by atoms with Crippen molar-refractivity contribution in [2.75, 3.05) is 4.90 Å². The van der Waals surface area contributed by atoms with Crippen molar-refractivity contribution >= 4 is 60.4 Å². The average molecular weight is 739 g/mol. The molecule has 0 saturated heterocycles. The van der Waals surface area contributed by atoms with Gasteiger partial charge < -0.3 is 9.47 Å².